The number of aliphatic carboxylic acids is 1. The Labute approximate surface area is 165 Å². The third-order valence-electron chi connectivity index (χ3n) is 3.61. The number of benzene rings is 1. The molecule has 0 radical (unpaired) electrons. The molecule has 0 aliphatic carbocycles. The second-order valence-electron chi connectivity index (χ2n) is 6.67. The van der Waals surface area contributed by atoms with Crippen molar-refractivity contribution >= 4 is 29.5 Å². The summed E-state index contributed by atoms with van der Waals surface area (Å²) in [6.45, 7) is 7.86. The molecule has 0 bridgehead atoms. The highest BCUT2D eigenvalue weighted by Gasteiger charge is 2.22. The molecule has 0 spiro atoms. The number of carbonyl (C=O) groups is 2. The van der Waals surface area contributed by atoms with Gasteiger partial charge in [0, 0.05) is 0 Å². The minimum Gasteiger partial charge on any atom is -0.480 e. The fourth-order valence-electron chi connectivity index (χ4n) is 2.42. The number of anilines is 1. The van der Waals surface area contributed by atoms with Gasteiger partial charge in [-0.15, -0.1) is 0 Å². The summed E-state index contributed by atoms with van der Waals surface area (Å²) in [7, 11) is 0. The lowest BCUT2D eigenvalue weighted by Gasteiger charge is -2.29. The van der Waals surface area contributed by atoms with Gasteiger partial charge < -0.3 is 32.9 Å². The summed E-state index contributed by atoms with van der Waals surface area (Å²) in [6, 6.07) is 6.00. The van der Waals surface area contributed by atoms with Crippen LogP contribution in [0.15, 0.2) is 23.2 Å². The molecule has 10 nitrogen and oxygen atoms in total. The van der Waals surface area contributed by atoms with Crippen LogP contribution in [-0.4, -0.2) is 42.0 Å². The van der Waals surface area contributed by atoms with Crippen LogP contribution >= 0.6 is 0 Å². The number of primary amides is 1. The van der Waals surface area contributed by atoms with Crippen molar-refractivity contribution in [3.63, 3.8) is 0 Å². The third kappa shape index (κ3) is 8.39. The van der Waals surface area contributed by atoms with Crippen LogP contribution in [-0.2, 0) is 9.59 Å². The first kappa shape index (κ1) is 24.7. The highest BCUT2D eigenvalue weighted by Crippen LogP contribution is 2.35. The quantitative estimate of drug-likeness (QED) is 0.285. The molecule has 1 amide bonds. The minimum absolute atomic E-state index is 0.0845. The molecule has 0 saturated heterocycles. The molecule has 10 heteroatoms. The third-order valence-corrected chi connectivity index (χ3v) is 3.61. The van der Waals surface area contributed by atoms with E-state index in [0.717, 1.165) is 16.8 Å². The van der Waals surface area contributed by atoms with Crippen molar-refractivity contribution in [2.24, 2.45) is 27.9 Å². The zero-order chi connectivity index (χ0) is 22.0. The van der Waals surface area contributed by atoms with Crippen LogP contribution in [0.2, 0.25) is 0 Å². The predicted octanol–water partition coefficient (Wildman–Crippen LogP) is 0.463. The van der Waals surface area contributed by atoms with Gasteiger partial charge in [0.1, 0.15) is 13.1 Å². The second-order valence-corrected chi connectivity index (χ2v) is 6.67. The van der Waals surface area contributed by atoms with E-state index in [1.165, 1.54) is 4.90 Å². The van der Waals surface area contributed by atoms with Gasteiger partial charge in [0.25, 0.3) is 0 Å². The number of hydrogen-bond acceptors (Lipinski definition) is 4. The lowest BCUT2D eigenvalue weighted by atomic mass is 9.92. The summed E-state index contributed by atoms with van der Waals surface area (Å²) in [4.78, 5) is 25.7. The number of aliphatic imine (C=N–C) groups is 1. The van der Waals surface area contributed by atoms with E-state index >= 15 is 0 Å². The summed E-state index contributed by atoms with van der Waals surface area (Å²) < 4.78 is 0. The molecule has 1 rings (SSSR count). The smallest absolute Gasteiger partial charge is 0.325 e. The molecule has 0 aromatic heterocycles. The molecule has 0 unspecified atom stereocenters. The van der Waals surface area contributed by atoms with E-state index in [1.807, 2.05) is 18.2 Å². The summed E-state index contributed by atoms with van der Waals surface area (Å²) >= 11 is 0. The van der Waals surface area contributed by atoms with E-state index in [9.17, 15) is 9.59 Å². The van der Waals surface area contributed by atoms with E-state index in [4.69, 9.17) is 33.5 Å². The Hall–Kier alpha value is -3.30. The summed E-state index contributed by atoms with van der Waals surface area (Å²) in [5, 5.41) is 15.7. The van der Waals surface area contributed by atoms with Gasteiger partial charge in [0.15, 0.2) is 11.9 Å². The van der Waals surface area contributed by atoms with Crippen molar-refractivity contribution in [3.8, 4) is 0 Å². The van der Waals surface area contributed by atoms with Gasteiger partial charge in [-0.05, 0) is 23.0 Å². The number of nitrogens with two attached hydrogens (primary N) is 4. The number of para-hydroxylation sites is 1. The molecule has 0 atom stereocenters. The molecule has 156 valence electrons. The summed E-state index contributed by atoms with van der Waals surface area (Å²) in [5.74, 6) is -1.39. The van der Waals surface area contributed by atoms with Crippen molar-refractivity contribution in [3.05, 3.63) is 29.3 Å². The summed E-state index contributed by atoms with van der Waals surface area (Å²) in [5.41, 5.74) is 23.5. The molecule has 0 fully saturated rings. The van der Waals surface area contributed by atoms with Gasteiger partial charge in [-0.3, -0.25) is 15.0 Å². The van der Waals surface area contributed by atoms with Gasteiger partial charge in [-0.25, -0.2) is 4.99 Å². The van der Waals surface area contributed by atoms with Crippen molar-refractivity contribution in [2.45, 2.75) is 39.5 Å². The van der Waals surface area contributed by atoms with E-state index < -0.39 is 11.9 Å². The Bertz CT molecular complexity index is 700. The average Bonchev–Trinajstić information content (AvgIpc) is 2.57. The molecule has 28 heavy (non-hydrogen) atoms. The maximum atomic E-state index is 11.3. The molecular weight excluding hydrogens is 362 g/mol. The number of carboxylic acids is 1. The number of carbonyl (C=O) groups excluding carboxylic acids is 1. The molecule has 0 heterocycles. The topological polar surface area (TPSA) is 198 Å². The van der Waals surface area contributed by atoms with E-state index in [0.29, 0.717) is 0 Å². The molecule has 0 aliphatic rings. The first-order valence-corrected chi connectivity index (χ1v) is 8.68. The average molecular weight is 393 g/mol. The fraction of sp³-hybridized carbons (Fsp3) is 0.444. The molecule has 10 N–H and O–H groups in total. The normalized spacial score (nSPS) is 10.1. The van der Waals surface area contributed by atoms with E-state index in [2.05, 4.69) is 32.7 Å². The highest BCUT2D eigenvalue weighted by atomic mass is 16.4. The number of guanidine groups is 2. The van der Waals surface area contributed by atoms with Crippen molar-refractivity contribution in [2.75, 3.05) is 18.0 Å². The van der Waals surface area contributed by atoms with Crippen LogP contribution in [0, 0.1) is 5.41 Å². The fourth-order valence-corrected chi connectivity index (χ4v) is 2.42. The minimum atomic E-state index is -1.04. The van der Waals surface area contributed by atoms with Crippen LogP contribution < -0.4 is 27.8 Å². The van der Waals surface area contributed by atoms with Gasteiger partial charge in [-0.2, -0.15) is 0 Å². The lowest BCUT2D eigenvalue weighted by Crippen LogP contribution is -2.43. The number of nitrogens with one attached hydrogen (secondary N) is 1. The molecule has 0 saturated carbocycles. The first-order chi connectivity index (χ1) is 12.9. The zero-order valence-corrected chi connectivity index (χ0v) is 16.8. The van der Waals surface area contributed by atoms with Gasteiger partial charge in [-0.1, -0.05) is 45.9 Å². The Morgan fingerprint density at radius 3 is 1.79 bits per heavy atom. The molecule has 1 aromatic rings. The number of carboxylic acid groups (broad SMARTS) is 1. The number of amides is 1. The molecule has 0 aliphatic heterocycles. The largest absolute Gasteiger partial charge is 0.480 e. The van der Waals surface area contributed by atoms with Gasteiger partial charge >= 0.3 is 5.97 Å². The maximum Gasteiger partial charge on any atom is 0.325 e. The first-order valence-electron chi connectivity index (χ1n) is 8.68. The molecular formula is C18H31N7O3. The van der Waals surface area contributed by atoms with Crippen LogP contribution in [0.25, 0.3) is 0 Å². The number of nitrogens with zero attached hydrogens (tertiary/aromatic N) is 2. The van der Waals surface area contributed by atoms with Crippen molar-refractivity contribution < 1.29 is 14.7 Å². The summed E-state index contributed by atoms with van der Waals surface area (Å²) in [6.07, 6.45) is 0. The number of rotatable bonds is 7. The van der Waals surface area contributed by atoms with Gasteiger partial charge in [0.05, 0.1) is 5.69 Å². The molecule has 1 aromatic carbocycles. The van der Waals surface area contributed by atoms with Crippen LogP contribution in [0.4, 0.5) is 5.69 Å². The zero-order valence-electron chi connectivity index (χ0n) is 16.8. The SMILES string of the molecule is CC(C)c1cccc(C(C)C)c1N(CC(N)=O)C(=N)N.NC(N)=NCC(=O)O. The van der Waals surface area contributed by atoms with Crippen LogP contribution in [0.1, 0.15) is 50.7 Å². The van der Waals surface area contributed by atoms with Crippen LogP contribution in [0.5, 0.6) is 0 Å². The van der Waals surface area contributed by atoms with E-state index in [-0.39, 0.29) is 36.8 Å². The Morgan fingerprint density at radius 1 is 1.07 bits per heavy atom. The second kappa shape index (κ2) is 11.4. The van der Waals surface area contributed by atoms with Crippen molar-refractivity contribution in [1.29, 1.82) is 5.41 Å². The highest BCUT2D eigenvalue weighted by molar-refractivity contribution is 5.99. The van der Waals surface area contributed by atoms with Crippen molar-refractivity contribution in [1.82, 2.24) is 0 Å². The van der Waals surface area contributed by atoms with Gasteiger partial charge in [0.2, 0.25) is 5.91 Å². The van der Waals surface area contributed by atoms with Crippen LogP contribution in [0.3, 0.4) is 0 Å². The Morgan fingerprint density at radius 2 is 1.54 bits per heavy atom. The Kier molecular flexibility index (Phi) is 10.1. The number of hydrogen-bond donors (Lipinski definition) is 6. The maximum absolute atomic E-state index is 11.3. The predicted molar refractivity (Wildman–Crippen MR) is 111 cm³/mol. The standard InChI is InChI=1S/C15H24N4O.C3H7N3O2/c1-9(2)11-6-5-7-12(10(3)4)14(11)19(15(17)18)8-13(16)20;4-3(5)6-1-2(7)8/h5-7,9-10H,8H2,1-4H3,(H2,16,20)(H3,17,18);1H2,(H,7,8)(H4,4,5,6). The monoisotopic (exact) mass is 393 g/mol. The Balaban J connectivity index is 0.000000769. The van der Waals surface area contributed by atoms with E-state index in [1.54, 1.807) is 0 Å². The lowest BCUT2D eigenvalue weighted by molar-refractivity contribution is -0.135.